The van der Waals surface area contributed by atoms with Crippen molar-refractivity contribution in [2.24, 2.45) is 22.7 Å². The molecule has 0 amide bonds. The Morgan fingerprint density at radius 3 is 2.25 bits per heavy atom. The zero-order valence-corrected chi connectivity index (χ0v) is 21.8. The number of hydrogen-bond donors (Lipinski definition) is 1. The molecule has 32 heavy (non-hydrogen) atoms. The Bertz CT molecular complexity index is 744. The third kappa shape index (κ3) is 5.09. The maximum Gasteiger partial charge on any atom is 0.136 e. The molecule has 1 heterocycles. The van der Waals surface area contributed by atoms with E-state index in [1.807, 2.05) is 13.8 Å². The van der Waals surface area contributed by atoms with Crippen LogP contribution in [0.3, 0.4) is 0 Å². The van der Waals surface area contributed by atoms with Crippen molar-refractivity contribution in [3.63, 3.8) is 0 Å². The summed E-state index contributed by atoms with van der Waals surface area (Å²) >= 11 is 0. The van der Waals surface area contributed by atoms with E-state index in [0.29, 0.717) is 18.1 Å². The van der Waals surface area contributed by atoms with Crippen molar-refractivity contribution in [1.82, 2.24) is 0 Å². The lowest BCUT2D eigenvalue weighted by Crippen LogP contribution is -2.53. The SMILES string of the molecule is CC(C)=CCC/C(C)=C/CCC(=O)[C@@H]1CC[C@@H]2[C@@]3(C)CC[C@@H](O)C(C)(C)O[C@@H]3CC[C@]21C. The lowest BCUT2D eigenvalue weighted by molar-refractivity contribution is -0.187. The summed E-state index contributed by atoms with van der Waals surface area (Å²) in [6, 6.07) is 0. The number of aliphatic hydroxyl groups is 1. The van der Waals surface area contributed by atoms with Gasteiger partial charge in [0.2, 0.25) is 0 Å². The molecule has 1 aliphatic heterocycles. The summed E-state index contributed by atoms with van der Waals surface area (Å²) in [6.07, 6.45) is 14.1. The highest BCUT2D eigenvalue weighted by atomic mass is 16.5. The topological polar surface area (TPSA) is 46.5 Å². The van der Waals surface area contributed by atoms with E-state index < -0.39 is 11.7 Å². The van der Waals surface area contributed by atoms with Gasteiger partial charge in [0.05, 0.1) is 17.8 Å². The second kappa shape index (κ2) is 9.74. The summed E-state index contributed by atoms with van der Waals surface area (Å²) in [5, 5.41) is 10.7. The Morgan fingerprint density at radius 2 is 1.56 bits per heavy atom. The van der Waals surface area contributed by atoms with E-state index in [1.165, 1.54) is 11.1 Å². The standard InChI is InChI=1S/C29H48O3/c1-20(2)10-8-11-21(3)12-9-13-23(30)22-14-15-24-28(22,6)19-17-26-29(24,7)18-16-25(31)27(4,5)32-26/h10,12,22,24-26,31H,8-9,11,13-19H2,1-7H3/b21-12+/t22-,24-,25+,26+,28-,29+/m0/s1. The molecule has 1 saturated heterocycles. The van der Waals surface area contributed by atoms with Crippen molar-refractivity contribution >= 4 is 5.78 Å². The molecule has 0 aromatic heterocycles. The predicted molar refractivity (Wildman–Crippen MR) is 133 cm³/mol. The molecule has 0 unspecified atom stereocenters. The maximum absolute atomic E-state index is 13.4. The van der Waals surface area contributed by atoms with Gasteiger partial charge in [-0.1, -0.05) is 37.1 Å². The van der Waals surface area contributed by atoms with E-state index in [2.05, 4.69) is 46.8 Å². The minimum absolute atomic E-state index is 0.0538. The van der Waals surface area contributed by atoms with Crippen LogP contribution < -0.4 is 0 Å². The van der Waals surface area contributed by atoms with E-state index in [0.717, 1.165) is 57.8 Å². The fourth-order valence-electron chi connectivity index (χ4n) is 7.29. The summed E-state index contributed by atoms with van der Waals surface area (Å²) in [5.74, 6) is 1.16. The number of Topliss-reactive ketones (excluding diaryl/α,β-unsaturated/α-hetero) is 1. The van der Waals surface area contributed by atoms with Crippen molar-refractivity contribution in [3.05, 3.63) is 23.3 Å². The first kappa shape index (κ1) is 25.7. The molecule has 2 saturated carbocycles. The minimum atomic E-state index is -0.486. The van der Waals surface area contributed by atoms with E-state index in [-0.39, 0.29) is 22.9 Å². The molecule has 1 N–H and O–H groups in total. The van der Waals surface area contributed by atoms with Crippen LogP contribution in [-0.2, 0) is 9.53 Å². The first-order chi connectivity index (χ1) is 14.9. The molecule has 6 atom stereocenters. The van der Waals surface area contributed by atoms with Gasteiger partial charge < -0.3 is 9.84 Å². The third-order valence-electron chi connectivity index (χ3n) is 9.38. The number of allylic oxidation sites excluding steroid dienone is 4. The predicted octanol–water partition coefficient (Wildman–Crippen LogP) is 7.18. The fraction of sp³-hybridized carbons (Fsp3) is 0.828. The Kier molecular flexibility index (Phi) is 7.82. The molecule has 3 aliphatic rings. The van der Waals surface area contributed by atoms with Crippen LogP contribution in [-0.4, -0.2) is 28.7 Å². The fourth-order valence-corrected chi connectivity index (χ4v) is 7.29. The molecule has 3 rings (SSSR count). The molecule has 3 nitrogen and oxygen atoms in total. The van der Waals surface area contributed by atoms with Crippen LogP contribution >= 0.6 is 0 Å². The average molecular weight is 445 g/mol. The molecule has 182 valence electrons. The number of carbonyl (C=O) groups excluding carboxylic acids is 1. The lowest BCUT2D eigenvalue weighted by Gasteiger charge is -2.54. The molecule has 3 fully saturated rings. The van der Waals surface area contributed by atoms with Gasteiger partial charge in [0.15, 0.2) is 0 Å². The highest BCUT2D eigenvalue weighted by Crippen LogP contribution is 2.65. The van der Waals surface area contributed by atoms with Gasteiger partial charge in [-0.15, -0.1) is 0 Å². The van der Waals surface area contributed by atoms with E-state index >= 15 is 0 Å². The third-order valence-corrected chi connectivity index (χ3v) is 9.38. The number of ketones is 1. The number of aliphatic hydroxyl groups excluding tert-OH is 1. The maximum atomic E-state index is 13.4. The van der Waals surface area contributed by atoms with Crippen molar-refractivity contribution in [3.8, 4) is 0 Å². The highest BCUT2D eigenvalue weighted by Gasteiger charge is 2.62. The Labute approximate surface area is 197 Å². The minimum Gasteiger partial charge on any atom is -0.390 e. The van der Waals surface area contributed by atoms with Gasteiger partial charge in [-0.2, -0.15) is 0 Å². The molecule has 0 aromatic carbocycles. The van der Waals surface area contributed by atoms with Crippen LogP contribution in [0.1, 0.15) is 113 Å². The number of fused-ring (bicyclic) bond motifs is 3. The summed E-state index contributed by atoms with van der Waals surface area (Å²) in [5.41, 5.74) is 2.42. The van der Waals surface area contributed by atoms with Crippen LogP contribution in [0.5, 0.6) is 0 Å². The second-order valence-electron chi connectivity index (χ2n) is 12.4. The molecule has 0 bridgehead atoms. The zero-order chi connectivity index (χ0) is 23.7. The normalized spacial score (nSPS) is 39.1. The monoisotopic (exact) mass is 444 g/mol. The Hall–Kier alpha value is -0.930. The molecular formula is C29H48O3. The van der Waals surface area contributed by atoms with Gasteiger partial charge in [-0.3, -0.25) is 4.79 Å². The van der Waals surface area contributed by atoms with Gasteiger partial charge in [0.1, 0.15) is 5.78 Å². The van der Waals surface area contributed by atoms with E-state index in [4.69, 9.17) is 4.74 Å². The van der Waals surface area contributed by atoms with E-state index in [1.54, 1.807) is 0 Å². The number of hydrogen-bond acceptors (Lipinski definition) is 3. The van der Waals surface area contributed by atoms with Gasteiger partial charge >= 0.3 is 0 Å². The van der Waals surface area contributed by atoms with Crippen LogP contribution in [0.4, 0.5) is 0 Å². The van der Waals surface area contributed by atoms with Crippen molar-refractivity contribution < 1.29 is 14.6 Å². The second-order valence-corrected chi connectivity index (χ2v) is 12.4. The van der Waals surface area contributed by atoms with Crippen LogP contribution in [0.15, 0.2) is 23.3 Å². The van der Waals surface area contributed by atoms with Gasteiger partial charge in [-0.05, 0) is 109 Å². The zero-order valence-electron chi connectivity index (χ0n) is 21.8. The van der Waals surface area contributed by atoms with Crippen LogP contribution in [0.25, 0.3) is 0 Å². The van der Waals surface area contributed by atoms with Crippen LogP contribution in [0, 0.1) is 22.7 Å². The number of ether oxygens (including phenoxy) is 1. The van der Waals surface area contributed by atoms with Crippen molar-refractivity contribution in [1.29, 1.82) is 0 Å². The first-order valence-corrected chi connectivity index (χ1v) is 13.1. The van der Waals surface area contributed by atoms with Crippen molar-refractivity contribution in [2.75, 3.05) is 0 Å². The van der Waals surface area contributed by atoms with Gasteiger partial charge in [0, 0.05) is 12.3 Å². The molecule has 2 aliphatic carbocycles. The number of rotatable bonds is 7. The van der Waals surface area contributed by atoms with Crippen LogP contribution in [0.2, 0.25) is 0 Å². The molecule has 3 heteroatoms. The highest BCUT2D eigenvalue weighted by molar-refractivity contribution is 5.82. The summed E-state index contributed by atoms with van der Waals surface area (Å²) in [7, 11) is 0. The Morgan fingerprint density at radius 1 is 0.906 bits per heavy atom. The molecule has 0 radical (unpaired) electrons. The lowest BCUT2D eigenvalue weighted by atomic mass is 9.52. The average Bonchev–Trinajstić information content (AvgIpc) is 3.02. The van der Waals surface area contributed by atoms with Crippen molar-refractivity contribution in [2.45, 2.75) is 130 Å². The summed E-state index contributed by atoms with van der Waals surface area (Å²) in [6.45, 7) is 15.3. The smallest absolute Gasteiger partial charge is 0.136 e. The largest absolute Gasteiger partial charge is 0.390 e. The van der Waals surface area contributed by atoms with Gasteiger partial charge in [0.25, 0.3) is 0 Å². The molecule has 0 aromatic rings. The molecule has 0 spiro atoms. The summed E-state index contributed by atoms with van der Waals surface area (Å²) < 4.78 is 6.56. The number of carbonyl (C=O) groups is 1. The van der Waals surface area contributed by atoms with Gasteiger partial charge in [-0.25, -0.2) is 0 Å². The quantitative estimate of drug-likeness (QED) is 0.423. The molecular weight excluding hydrogens is 396 g/mol. The first-order valence-electron chi connectivity index (χ1n) is 13.1. The van der Waals surface area contributed by atoms with E-state index in [9.17, 15) is 9.90 Å². The Balaban J connectivity index is 1.64. The summed E-state index contributed by atoms with van der Waals surface area (Å²) in [4.78, 5) is 13.4.